The third-order valence-electron chi connectivity index (χ3n) is 10.9. The predicted molar refractivity (Wildman–Crippen MR) is 186 cm³/mol. The summed E-state index contributed by atoms with van der Waals surface area (Å²) in [6.07, 6.45) is 0.813. The van der Waals surface area contributed by atoms with Crippen LogP contribution in [0.3, 0.4) is 0 Å². The number of aromatic nitrogens is 1. The van der Waals surface area contributed by atoms with Gasteiger partial charge in [-0.25, -0.2) is 0 Å². The summed E-state index contributed by atoms with van der Waals surface area (Å²) in [4.78, 5) is 4.83. The van der Waals surface area contributed by atoms with E-state index in [-0.39, 0.29) is 0 Å². The van der Waals surface area contributed by atoms with Gasteiger partial charge in [-0.15, -0.1) is 0 Å². The van der Waals surface area contributed by atoms with Gasteiger partial charge in [0.05, 0.1) is 10.8 Å². The van der Waals surface area contributed by atoms with E-state index in [2.05, 4.69) is 165 Å². The van der Waals surface area contributed by atoms with E-state index in [1.807, 2.05) is 0 Å². The van der Waals surface area contributed by atoms with Gasteiger partial charge in [-0.1, -0.05) is 146 Å². The third-order valence-corrected chi connectivity index (χ3v) is 10.9. The molecule has 2 spiro atoms. The van der Waals surface area contributed by atoms with Crippen molar-refractivity contribution >= 4 is 0 Å². The summed E-state index contributed by atoms with van der Waals surface area (Å²) in [6, 6.07) is 59.4. The topological polar surface area (TPSA) is 12.9 Å². The predicted octanol–water partition coefficient (Wildman–Crippen LogP) is 10.0. The van der Waals surface area contributed by atoms with E-state index in [9.17, 15) is 0 Å². The first-order valence-electron chi connectivity index (χ1n) is 16.3. The molecule has 0 atom stereocenters. The monoisotopic (exact) mass is 585 g/mol. The summed E-state index contributed by atoms with van der Waals surface area (Å²) in [5, 5.41) is 0. The Kier molecular flexibility index (Phi) is 5.18. The highest BCUT2D eigenvalue weighted by molar-refractivity contribution is 5.93. The van der Waals surface area contributed by atoms with Crippen LogP contribution in [-0.2, 0) is 17.3 Å². The van der Waals surface area contributed by atoms with Crippen LogP contribution in [0.2, 0.25) is 0 Å². The fourth-order valence-corrected chi connectivity index (χ4v) is 9.31. The first-order chi connectivity index (χ1) is 22.7. The Morgan fingerprint density at radius 3 is 1.28 bits per heavy atom. The van der Waals surface area contributed by atoms with E-state index in [4.69, 9.17) is 4.98 Å². The lowest BCUT2D eigenvalue weighted by atomic mass is 9.52. The van der Waals surface area contributed by atoms with Crippen molar-refractivity contribution in [2.24, 2.45) is 0 Å². The van der Waals surface area contributed by atoms with Gasteiger partial charge in [0.1, 0.15) is 0 Å². The molecule has 0 saturated carbocycles. The highest BCUT2D eigenvalue weighted by Crippen LogP contribution is 2.67. The number of pyridine rings is 1. The zero-order valence-electron chi connectivity index (χ0n) is 25.7. The molecule has 0 bridgehead atoms. The van der Waals surface area contributed by atoms with Crippen LogP contribution in [-0.4, -0.2) is 4.98 Å². The minimum atomic E-state index is -0.434. The number of fused-ring (bicyclic) bond motifs is 16. The first-order valence-corrected chi connectivity index (χ1v) is 16.3. The SMILES string of the molecule is Cc1cccc(Cc2ccc3c(c2)-c2ccccc2C32c3ccccc3C3(c4ccccc4-c4ccccc43)c3ccccc32)n1. The number of benzene rings is 6. The second-order valence-electron chi connectivity index (χ2n) is 13.1. The van der Waals surface area contributed by atoms with Crippen molar-refractivity contribution in [1.29, 1.82) is 0 Å². The summed E-state index contributed by atoms with van der Waals surface area (Å²) in [7, 11) is 0. The van der Waals surface area contributed by atoms with Crippen LogP contribution >= 0.6 is 0 Å². The van der Waals surface area contributed by atoms with Gasteiger partial charge in [0.15, 0.2) is 0 Å². The van der Waals surface area contributed by atoms with Gasteiger partial charge in [0, 0.05) is 17.8 Å². The van der Waals surface area contributed by atoms with Gasteiger partial charge in [-0.05, 0) is 91.4 Å². The molecule has 0 aliphatic heterocycles. The lowest BCUT2D eigenvalue weighted by Crippen LogP contribution is -2.43. The summed E-state index contributed by atoms with van der Waals surface area (Å²) in [5.74, 6) is 0. The molecular weight excluding hydrogens is 555 g/mol. The molecule has 3 aliphatic carbocycles. The van der Waals surface area contributed by atoms with Crippen LogP contribution in [0.1, 0.15) is 61.5 Å². The molecule has 1 nitrogen and oxygen atoms in total. The maximum atomic E-state index is 4.83. The van der Waals surface area contributed by atoms with Gasteiger partial charge < -0.3 is 0 Å². The van der Waals surface area contributed by atoms with E-state index in [1.165, 1.54) is 72.3 Å². The van der Waals surface area contributed by atoms with Gasteiger partial charge in [-0.2, -0.15) is 0 Å². The van der Waals surface area contributed by atoms with Crippen molar-refractivity contribution in [1.82, 2.24) is 4.98 Å². The largest absolute Gasteiger partial charge is 0.258 e. The van der Waals surface area contributed by atoms with E-state index >= 15 is 0 Å². The zero-order valence-corrected chi connectivity index (χ0v) is 25.7. The summed E-state index contributed by atoms with van der Waals surface area (Å²) >= 11 is 0. The van der Waals surface area contributed by atoms with Crippen molar-refractivity contribution in [3.05, 3.63) is 219 Å². The van der Waals surface area contributed by atoms with E-state index in [1.54, 1.807) is 0 Å². The fraction of sp³-hybridized carbons (Fsp3) is 0.0889. The molecule has 10 rings (SSSR count). The van der Waals surface area contributed by atoms with Crippen LogP contribution in [0.15, 0.2) is 158 Å². The first kappa shape index (κ1) is 25.8. The fourth-order valence-electron chi connectivity index (χ4n) is 9.31. The zero-order chi connectivity index (χ0) is 30.5. The molecule has 0 saturated heterocycles. The van der Waals surface area contributed by atoms with Crippen LogP contribution in [0.25, 0.3) is 22.3 Å². The highest BCUT2D eigenvalue weighted by Gasteiger charge is 2.58. The normalized spacial score (nSPS) is 15.1. The van der Waals surface area contributed by atoms with Gasteiger partial charge in [0.25, 0.3) is 0 Å². The third kappa shape index (κ3) is 3.08. The molecule has 0 amide bonds. The minimum absolute atomic E-state index is 0.403. The molecule has 0 unspecified atom stereocenters. The molecule has 1 aromatic heterocycles. The summed E-state index contributed by atoms with van der Waals surface area (Å²) in [6.45, 7) is 2.07. The van der Waals surface area contributed by atoms with Crippen molar-refractivity contribution in [2.75, 3.05) is 0 Å². The Morgan fingerprint density at radius 1 is 0.391 bits per heavy atom. The summed E-state index contributed by atoms with van der Waals surface area (Å²) < 4.78 is 0. The van der Waals surface area contributed by atoms with Gasteiger partial charge in [0.2, 0.25) is 0 Å². The van der Waals surface area contributed by atoms with Crippen molar-refractivity contribution < 1.29 is 0 Å². The lowest BCUT2D eigenvalue weighted by Gasteiger charge is -2.48. The molecule has 6 aromatic carbocycles. The molecule has 3 aliphatic rings. The Bertz CT molecular complexity index is 2280. The van der Waals surface area contributed by atoms with Crippen molar-refractivity contribution in [3.8, 4) is 22.3 Å². The highest BCUT2D eigenvalue weighted by atomic mass is 14.7. The number of aryl methyl sites for hydroxylation is 1. The number of nitrogens with zero attached hydrogens (tertiary/aromatic N) is 1. The number of hydrogen-bond acceptors (Lipinski definition) is 1. The summed E-state index contributed by atoms with van der Waals surface area (Å²) in [5.41, 5.74) is 18.9. The van der Waals surface area contributed by atoms with Gasteiger partial charge >= 0.3 is 0 Å². The molecule has 0 fully saturated rings. The minimum Gasteiger partial charge on any atom is -0.258 e. The van der Waals surface area contributed by atoms with E-state index in [0.29, 0.717) is 0 Å². The quantitative estimate of drug-likeness (QED) is 0.197. The Balaban J connectivity index is 1.31. The lowest BCUT2D eigenvalue weighted by molar-refractivity contribution is 0.633. The number of rotatable bonds is 2. The Hall–Kier alpha value is -5.53. The molecule has 7 aromatic rings. The van der Waals surface area contributed by atoms with Crippen LogP contribution < -0.4 is 0 Å². The average Bonchev–Trinajstić information content (AvgIpc) is 3.56. The number of hydrogen-bond donors (Lipinski definition) is 0. The second-order valence-corrected chi connectivity index (χ2v) is 13.1. The molecule has 0 N–H and O–H groups in total. The molecule has 1 heteroatoms. The van der Waals surface area contributed by atoms with Gasteiger partial charge in [-0.3, -0.25) is 4.98 Å². The smallest absolute Gasteiger partial charge is 0.0720 e. The van der Waals surface area contributed by atoms with Crippen molar-refractivity contribution in [3.63, 3.8) is 0 Å². The molecule has 216 valence electrons. The van der Waals surface area contributed by atoms with Crippen LogP contribution in [0, 0.1) is 6.92 Å². The molecule has 0 radical (unpaired) electrons. The molecule has 1 heterocycles. The van der Waals surface area contributed by atoms with Crippen LogP contribution in [0.4, 0.5) is 0 Å². The molecule has 46 heavy (non-hydrogen) atoms. The van der Waals surface area contributed by atoms with E-state index in [0.717, 1.165) is 17.8 Å². The Labute approximate surface area is 269 Å². The van der Waals surface area contributed by atoms with Crippen LogP contribution in [0.5, 0.6) is 0 Å². The standard InChI is InChI=1S/C45H31N/c1-29-13-12-14-31(46-29)27-30-25-26-39-35(28-30)34-17-4-7-20-38(34)45(39)42-23-10-8-21-40(42)44(41-22-9-11-24-43(41)45)36-18-5-2-15-32(36)33-16-3-6-19-37(33)44/h2-26,28H,27H2,1H3. The molecular formula is C45H31N. The second kappa shape index (κ2) is 9.25. The Morgan fingerprint density at radius 2 is 0.804 bits per heavy atom. The van der Waals surface area contributed by atoms with Crippen molar-refractivity contribution in [2.45, 2.75) is 24.2 Å². The van der Waals surface area contributed by atoms with E-state index < -0.39 is 10.8 Å². The maximum absolute atomic E-state index is 4.83. The maximum Gasteiger partial charge on any atom is 0.0720 e. The average molecular weight is 586 g/mol.